The molecule has 1 aromatic rings. The Hall–Kier alpha value is -1.71. The second-order valence-corrected chi connectivity index (χ2v) is 4.95. The summed E-state index contributed by atoms with van der Waals surface area (Å²) in [5.41, 5.74) is 2.03. The molecule has 0 bridgehead atoms. The van der Waals surface area contributed by atoms with Gasteiger partial charge >= 0.3 is 6.03 Å². The van der Waals surface area contributed by atoms with Crippen LogP contribution in [0.15, 0.2) is 24.3 Å². The number of nitrogens with one attached hydrogen (secondary N) is 2. The maximum Gasteiger partial charge on any atom is 0.319 e. The summed E-state index contributed by atoms with van der Waals surface area (Å²) in [7, 11) is 0. The Morgan fingerprint density at radius 3 is 2.74 bits per heavy atom. The second-order valence-electron chi connectivity index (χ2n) is 4.95. The second kappa shape index (κ2) is 7.02. The van der Waals surface area contributed by atoms with E-state index in [1.807, 2.05) is 18.2 Å². The van der Waals surface area contributed by atoms with E-state index in [1.54, 1.807) is 0 Å². The monoisotopic (exact) mass is 261 g/mol. The van der Waals surface area contributed by atoms with Crippen molar-refractivity contribution < 1.29 is 4.79 Å². The molecule has 2 N–H and O–H groups in total. The fourth-order valence-corrected chi connectivity index (χ4v) is 2.36. The molecule has 2 amide bonds. The van der Waals surface area contributed by atoms with Crippen LogP contribution in [0.5, 0.6) is 0 Å². The van der Waals surface area contributed by atoms with Gasteiger partial charge in [0, 0.05) is 19.6 Å². The van der Waals surface area contributed by atoms with E-state index in [0.29, 0.717) is 0 Å². The summed E-state index contributed by atoms with van der Waals surface area (Å²) in [5.74, 6) is 0. The average molecular weight is 261 g/mol. The zero-order valence-corrected chi connectivity index (χ0v) is 11.6. The molecule has 1 aromatic carbocycles. The van der Waals surface area contributed by atoms with Crippen molar-refractivity contribution in [3.63, 3.8) is 0 Å². The summed E-state index contributed by atoms with van der Waals surface area (Å²) in [4.78, 5) is 14.1. The first-order valence-corrected chi connectivity index (χ1v) is 7.20. The van der Waals surface area contributed by atoms with Crippen molar-refractivity contribution in [2.24, 2.45) is 0 Å². The van der Waals surface area contributed by atoms with Crippen molar-refractivity contribution in [3.05, 3.63) is 24.3 Å². The molecule has 0 saturated carbocycles. The molecule has 4 nitrogen and oxygen atoms in total. The number of rotatable bonds is 5. The van der Waals surface area contributed by atoms with Crippen LogP contribution in [0, 0.1) is 0 Å². The smallest absolute Gasteiger partial charge is 0.319 e. The highest BCUT2D eigenvalue weighted by Gasteiger charge is 2.16. The number of benzene rings is 1. The van der Waals surface area contributed by atoms with E-state index < -0.39 is 0 Å². The van der Waals surface area contributed by atoms with Gasteiger partial charge in [0.05, 0.1) is 11.4 Å². The molecular weight excluding hydrogens is 238 g/mol. The number of para-hydroxylation sites is 2. The van der Waals surface area contributed by atoms with Crippen molar-refractivity contribution in [3.8, 4) is 0 Å². The highest BCUT2D eigenvalue weighted by molar-refractivity contribution is 5.93. The molecular formula is C15H23N3O. The van der Waals surface area contributed by atoms with E-state index >= 15 is 0 Å². The van der Waals surface area contributed by atoms with E-state index in [1.165, 1.54) is 12.8 Å². The summed E-state index contributed by atoms with van der Waals surface area (Å²) >= 11 is 0. The van der Waals surface area contributed by atoms with E-state index in [2.05, 4.69) is 28.5 Å². The van der Waals surface area contributed by atoms with Crippen molar-refractivity contribution in [1.82, 2.24) is 5.32 Å². The van der Waals surface area contributed by atoms with Crippen LogP contribution in [0.3, 0.4) is 0 Å². The third-order valence-electron chi connectivity index (χ3n) is 3.41. The molecule has 104 valence electrons. The van der Waals surface area contributed by atoms with Gasteiger partial charge in [-0.1, -0.05) is 25.5 Å². The standard InChI is InChI=1S/C15H23N3O/c1-2-3-10-16-15(19)17-13-8-4-5-9-14(13)18-11-6-7-12-18/h4-5,8-9H,2-3,6-7,10-12H2,1H3,(H2,16,17,19). The summed E-state index contributed by atoms with van der Waals surface area (Å²) in [6, 6.07) is 7.91. The molecule has 0 aliphatic carbocycles. The topological polar surface area (TPSA) is 44.4 Å². The molecule has 1 fully saturated rings. The van der Waals surface area contributed by atoms with E-state index in [9.17, 15) is 4.79 Å². The number of hydrogen-bond acceptors (Lipinski definition) is 2. The predicted molar refractivity (Wildman–Crippen MR) is 79.8 cm³/mol. The molecule has 1 saturated heterocycles. The lowest BCUT2D eigenvalue weighted by molar-refractivity contribution is 0.252. The molecule has 0 radical (unpaired) electrons. The normalized spacial score (nSPS) is 14.5. The zero-order valence-electron chi connectivity index (χ0n) is 11.6. The zero-order chi connectivity index (χ0) is 13.5. The molecule has 0 atom stereocenters. The van der Waals surface area contributed by atoms with Crippen molar-refractivity contribution >= 4 is 17.4 Å². The van der Waals surface area contributed by atoms with Crippen LogP contribution in [0.2, 0.25) is 0 Å². The number of unbranched alkanes of at least 4 members (excludes halogenated alkanes) is 1. The fourth-order valence-electron chi connectivity index (χ4n) is 2.36. The average Bonchev–Trinajstić information content (AvgIpc) is 2.93. The van der Waals surface area contributed by atoms with Crippen LogP contribution in [-0.4, -0.2) is 25.7 Å². The van der Waals surface area contributed by atoms with Gasteiger partial charge < -0.3 is 15.5 Å². The Balaban J connectivity index is 1.97. The minimum absolute atomic E-state index is 0.111. The molecule has 1 heterocycles. The largest absolute Gasteiger partial charge is 0.370 e. The first-order valence-electron chi connectivity index (χ1n) is 7.20. The summed E-state index contributed by atoms with van der Waals surface area (Å²) < 4.78 is 0. The first-order chi connectivity index (χ1) is 9.31. The van der Waals surface area contributed by atoms with Gasteiger partial charge in [0.2, 0.25) is 0 Å². The Labute approximate surface area is 115 Å². The van der Waals surface area contributed by atoms with Gasteiger partial charge in [-0.25, -0.2) is 4.79 Å². The molecule has 19 heavy (non-hydrogen) atoms. The van der Waals surface area contributed by atoms with E-state index in [0.717, 1.165) is 43.9 Å². The number of nitrogens with zero attached hydrogens (tertiary/aromatic N) is 1. The molecule has 0 aromatic heterocycles. The van der Waals surface area contributed by atoms with Gasteiger partial charge in [0.25, 0.3) is 0 Å². The van der Waals surface area contributed by atoms with Crippen molar-refractivity contribution in [2.75, 3.05) is 29.9 Å². The van der Waals surface area contributed by atoms with Crippen molar-refractivity contribution in [1.29, 1.82) is 0 Å². The van der Waals surface area contributed by atoms with Crippen LogP contribution >= 0.6 is 0 Å². The van der Waals surface area contributed by atoms with Crippen molar-refractivity contribution in [2.45, 2.75) is 32.6 Å². The lowest BCUT2D eigenvalue weighted by Crippen LogP contribution is -2.30. The lowest BCUT2D eigenvalue weighted by atomic mass is 10.2. The van der Waals surface area contributed by atoms with Crippen LogP contribution in [0.1, 0.15) is 32.6 Å². The molecule has 1 aliphatic rings. The summed E-state index contributed by atoms with van der Waals surface area (Å²) in [6.45, 7) is 5.00. The van der Waals surface area contributed by atoms with E-state index in [4.69, 9.17) is 0 Å². The number of amides is 2. The van der Waals surface area contributed by atoms with Gasteiger partial charge in [0.1, 0.15) is 0 Å². The van der Waals surface area contributed by atoms with Gasteiger partial charge in [-0.3, -0.25) is 0 Å². The van der Waals surface area contributed by atoms with Crippen LogP contribution < -0.4 is 15.5 Å². The maximum absolute atomic E-state index is 11.8. The summed E-state index contributed by atoms with van der Waals surface area (Å²) in [5, 5.41) is 5.84. The summed E-state index contributed by atoms with van der Waals surface area (Å²) in [6.07, 6.45) is 4.57. The van der Waals surface area contributed by atoms with E-state index in [-0.39, 0.29) is 6.03 Å². The fraction of sp³-hybridized carbons (Fsp3) is 0.533. The number of carbonyl (C=O) groups excluding carboxylic acids is 1. The van der Waals surface area contributed by atoms with Crippen LogP contribution in [0.4, 0.5) is 16.2 Å². The molecule has 0 unspecified atom stereocenters. The number of urea groups is 1. The molecule has 0 spiro atoms. The number of hydrogen-bond donors (Lipinski definition) is 2. The first kappa shape index (κ1) is 13.7. The van der Waals surface area contributed by atoms with Gasteiger partial charge in [0.15, 0.2) is 0 Å². The highest BCUT2D eigenvalue weighted by atomic mass is 16.2. The van der Waals surface area contributed by atoms with Gasteiger partial charge in [-0.05, 0) is 31.4 Å². The maximum atomic E-state index is 11.8. The molecule has 1 aliphatic heterocycles. The number of carbonyl (C=O) groups is 1. The predicted octanol–water partition coefficient (Wildman–Crippen LogP) is 3.21. The third kappa shape index (κ3) is 3.88. The minimum Gasteiger partial charge on any atom is -0.370 e. The molecule has 4 heteroatoms. The quantitative estimate of drug-likeness (QED) is 0.799. The van der Waals surface area contributed by atoms with Crippen LogP contribution in [0.25, 0.3) is 0 Å². The van der Waals surface area contributed by atoms with Gasteiger partial charge in [-0.2, -0.15) is 0 Å². The third-order valence-corrected chi connectivity index (χ3v) is 3.41. The minimum atomic E-state index is -0.111. The van der Waals surface area contributed by atoms with Crippen LogP contribution in [-0.2, 0) is 0 Å². The molecule has 2 rings (SSSR count). The van der Waals surface area contributed by atoms with Gasteiger partial charge in [-0.15, -0.1) is 0 Å². The Morgan fingerprint density at radius 2 is 2.00 bits per heavy atom. The SMILES string of the molecule is CCCCNC(=O)Nc1ccccc1N1CCCC1. The Bertz CT molecular complexity index is 414. The Morgan fingerprint density at radius 1 is 1.26 bits per heavy atom. The Kier molecular flexibility index (Phi) is 5.07. The highest BCUT2D eigenvalue weighted by Crippen LogP contribution is 2.28. The lowest BCUT2D eigenvalue weighted by Gasteiger charge is -2.21. The number of anilines is 2.